The lowest BCUT2D eigenvalue weighted by molar-refractivity contribution is -0.309. The Kier molecular flexibility index (Phi) is 5.99. The van der Waals surface area contributed by atoms with E-state index < -0.39 is 29.8 Å². The second-order valence-corrected chi connectivity index (χ2v) is 6.51. The Hall–Kier alpha value is -2.45. The summed E-state index contributed by atoms with van der Waals surface area (Å²) >= 11 is 0. The Morgan fingerprint density at radius 1 is 1.15 bits per heavy atom. The van der Waals surface area contributed by atoms with Gasteiger partial charge < -0.3 is 25.0 Å². The van der Waals surface area contributed by atoms with Gasteiger partial charge in [0.1, 0.15) is 0 Å². The summed E-state index contributed by atoms with van der Waals surface area (Å²) in [6, 6.07) is 3.43. The predicted molar refractivity (Wildman–Crippen MR) is 87.4 cm³/mol. The molecule has 0 bridgehead atoms. The van der Waals surface area contributed by atoms with Crippen molar-refractivity contribution in [2.75, 3.05) is 31.1 Å². The number of carbonyl (C=O) groups excluding carboxylic acids is 2. The number of halogens is 3. The SMILES string of the molecule is CC(C)[C@H](NC(=O)N1CCN(c2cccc(C(F)(F)F)c2)CC1)C(=O)[O-]. The molecular weight excluding hydrogens is 351 g/mol. The molecule has 9 heteroatoms. The molecule has 1 atom stereocenters. The summed E-state index contributed by atoms with van der Waals surface area (Å²) in [5, 5.41) is 13.5. The van der Waals surface area contributed by atoms with Gasteiger partial charge in [-0.05, 0) is 24.1 Å². The minimum Gasteiger partial charge on any atom is -0.548 e. The zero-order chi connectivity index (χ0) is 19.5. The fourth-order valence-corrected chi connectivity index (χ4v) is 2.77. The second-order valence-electron chi connectivity index (χ2n) is 6.51. The van der Waals surface area contributed by atoms with Crippen molar-refractivity contribution in [2.24, 2.45) is 5.92 Å². The summed E-state index contributed by atoms with van der Waals surface area (Å²) in [7, 11) is 0. The van der Waals surface area contributed by atoms with Gasteiger partial charge in [0.05, 0.1) is 17.6 Å². The quantitative estimate of drug-likeness (QED) is 0.865. The molecule has 0 unspecified atom stereocenters. The number of aliphatic carboxylic acids is 1. The van der Waals surface area contributed by atoms with E-state index in [0.29, 0.717) is 18.8 Å². The summed E-state index contributed by atoms with van der Waals surface area (Å²) in [4.78, 5) is 26.5. The van der Waals surface area contributed by atoms with E-state index in [9.17, 15) is 27.9 Å². The second kappa shape index (κ2) is 7.84. The smallest absolute Gasteiger partial charge is 0.416 e. The van der Waals surface area contributed by atoms with Crippen LogP contribution in [0.1, 0.15) is 19.4 Å². The highest BCUT2D eigenvalue weighted by atomic mass is 19.4. The molecule has 1 fully saturated rings. The summed E-state index contributed by atoms with van der Waals surface area (Å²) in [6.07, 6.45) is -4.41. The molecule has 0 aliphatic carbocycles. The number of piperazine rings is 1. The lowest BCUT2D eigenvalue weighted by Crippen LogP contribution is -2.57. The molecule has 1 aromatic carbocycles. The molecule has 144 valence electrons. The molecule has 1 aromatic rings. The first kappa shape index (κ1) is 19.9. The lowest BCUT2D eigenvalue weighted by Gasteiger charge is -2.37. The van der Waals surface area contributed by atoms with Crippen molar-refractivity contribution in [3.05, 3.63) is 29.8 Å². The van der Waals surface area contributed by atoms with E-state index in [1.54, 1.807) is 24.8 Å². The van der Waals surface area contributed by atoms with Crippen molar-refractivity contribution in [2.45, 2.75) is 26.1 Å². The third-order valence-corrected chi connectivity index (χ3v) is 4.31. The molecule has 1 aliphatic heterocycles. The zero-order valence-corrected chi connectivity index (χ0v) is 14.5. The van der Waals surface area contributed by atoms with Crippen molar-refractivity contribution in [1.29, 1.82) is 0 Å². The van der Waals surface area contributed by atoms with E-state index >= 15 is 0 Å². The highest BCUT2D eigenvalue weighted by molar-refractivity contribution is 5.82. The number of anilines is 1. The van der Waals surface area contributed by atoms with Crippen LogP contribution in [0.3, 0.4) is 0 Å². The van der Waals surface area contributed by atoms with E-state index in [1.807, 2.05) is 0 Å². The van der Waals surface area contributed by atoms with Crippen LogP contribution in [0.5, 0.6) is 0 Å². The number of alkyl halides is 3. The van der Waals surface area contributed by atoms with Crippen LogP contribution in [-0.4, -0.2) is 49.1 Å². The highest BCUT2D eigenvalue weighted by Crippen LogP contribution is 2.31. The minimum absolute atomic E-state index is 0.278. The van der Waals surface area contributed by atoms with Gasteiger partial charge >= 0.3 is 12.2 Å². The van der Waals surface area contributed by atoms with Gasteiger partial charge in [-0.3, -0.25) is 0 Å². The van der Waals surface area contributed by atoms with Gasteiger partial charge in [0, 0.05) is 31.9 Å². The molecule has 0 spiro atoms. The van der Waals surface area contributed by atoms with Crippen LogP contribution in [0.15, 0.2) is 24.3 Å². The van der Waals surface area contributed by atoms with Crippen LogP contribution in [0.25, 0.3) is 0 Å². The number of nitrogens with zero attached hydrogens (tertiary/aromatic N) is 2. The van der Waals surface area contributed by atoms with E-state index in [2.05, 4.69) is 5.32 Å². The normalized spacial score (nSPS) is 16.5. The average Bonchev–Trinajstić information content (AvgIpc) is 2.58. The number of urea groups is 1. The summed E-state index contributed by atoms with van der Waals surface area (Å²) in [6.45, 7) is 4.58. The number of hydrogen-bond acceptors (Lipinski definition) is 4. The molecule has 26 heavy (non-hydrogen) atoms. The van der Waals surface area contributed by atoms with E-state index in [1.165, 1.54) is 11.0 Å². The Balaban J connectivity index is 1.97. The predicted octanol–water partition coefficient (Wildman–Crippen LogP) is 1.31. The molecule has 0 radical (unpaired) electrons. The van der Waals surface area contributed by atoms with Gasteiger partial charge in [-0.1, -0.05) is 19.9 Å². The molecule has 1 heterocycles. The standard InChI is InChI=1S/C17H22F3N3O3/c1-11(2)14(15(24)25)21-16(26)23-8-6-22(7-9-23)13-5-3-4-12(10-13)17(18,19)20/h3-5,10-11,14H,6-9H2,1-2H3,(H,21,26)(H,24,25)/p-1/t14-/m0/s1. The maximum atomic E-state index is 12.8. The van der Waals surface area contributed by atoms with Crippen LogP contribution in [-0.2, 0) is 11.0 Å². The number of benzene rings is 1. The summed E-state index contributed by atoms with van der Waals surface area (Å²) < 4.78 is 38.5. The largest absolute Gasteiger partial charge is 0.548 e. The van der Waals surface area contributed by atoms with Crippen LogP contribution in [0.4, 0.5) is 23.7 Å². The van der Waals surface area contributed by atoms with Gasteiger partial charge in [-0.2, -0.15) is 13.2 Å². The van der Waals surface area contributed by atoms with E-state index in [0.717, 1.165) is 12.1 Å². The Bertz CT molecular complexity index is 656. The zero-order valence-electron chi connectivity index (χ0n) is 14.5. The van der Waals surface area contributed by atoms with Crippen molar-refractivity contribution >= 4 is 17.7 Å². The molecule has 0 aromatic heterocycles. The van der Waals surface area contributed by atoms with Gasteiger partial charge in [-0.25, -0.2) is 4.79 Å². The molecule has 1 aliphatic rings. The number of carbonyl (C=O) groups is 2. The number of hydrogen-bond donors (Lipinski definition) is 1. The van der Waals surface area contributed by atoms with Crippen molar-refractivity contribution in [3.8, 4) is 0 Å². The number of rotatable bonds is 4. The van der Waals surface area contributed by atoms with Gasteiger partial charge in [0.25, 0.3) is 0 Å². The maximum absolute atomic E-state index is 12.8. The monoisotopic (exact) mass is 372 g/mol. The van der Waals surface area contributed by atoms with Gasteiger partial charge in [0.15, 0.2) is 0 Å². The third kappa shape index (κ3) is 4.80. The first-order chi connectivity index (χ1) is 12.1. The Morgan fingerprint density at radius 2 is 1.77 bits per heavy atom. The van der Waals surface area contributed by atoms with Crippen molar-refractivity contribution < 1.29 is 27.9 Å². The van der Waals surface area contributed by atoms with Crippen LogP contribution in [0.2, 0.25) is 0 Å². The molecule has 2 amide bonds. The Morgan fingerprint density at radius 3 is 2.27 bits per heavy atom. The van der Waals surface area contributed by atoms with Crippen molar-refractivity contribution in [3.63, 3.8) is 0 Å². The molecule has 0 saturated carbocycles. The van der Waals surface area contributed by atoms with Crippen molar-refractivity contribution in [1.82, 2.24) is 10.2 Å². The third-order valence-electron chi connectivity index (χ3n) is 4.31. The molecule has 1 N–H and O–H groups in total. The molecular formula is C17H21F3N3O3-. The lowest BCUT2D eigenvalue weighted by atomic mass is 10.1. The fourth-order valence-electron chi connectivity index (χ4n) is 2.77. The van der Waals surface area contributed by atoms with Gasteiger partial charge in [0.2, 0.25) is 0 Å². The number of carboxylic acid groups (broad SMARTS) is 1. The summed E-state index contributed by atoms with van der Waals surface area (Å²) in [5.41, 5.74) is -0.279. The number of nitrogens with one attached hydrogen (secondary N) is 1. The topological polar surface area (TPSA) is 75.7 Å². The van der Waals surface area contributed by atoms with Crippen LogP contribution >= 0.6 is 0 Å². The van der Waals surface area contributed by atoms with E-state index in [4.69, 9.17) is 0 Å². The van der Waals surface area contributed by atoms with Crippen LogP contribution in [0, 0.1) is 5.92 Å². The number of amides is 2. The highest BCUT2D eigenvalue weighted by Gasteiger charge is 2.31. The molecule has 2 rings (SSSR count). The van der Waals surface area contributed by atoms with Crippen LogP contribution < -0.4 is 15.3 Å². The van der Waals surface area contributed by atoms with E-state index in [-0.39, 0.29) is 19.0 Å². The first-order valence-electron chi connectivity index (χ1n) is 8.28. The Labute approximate surface area is 149 Å². The minimum atomic E-state index is -4.41. The average molecular weight is 372 g/mol. The summed E-state index contributed by atoms with van der Waals surface area (Å²) in [5.74, 6) is -1.67. The fraction of sp³-hybridized carbons (Fsp3) is 0.529. The number of carboxylic acids is 1. The molecule has 6 nitrogen and oxygen atoms in total. The van der Waals surface area contributed by atoms with Gasteiger partial charge in [-0.15, -0.1) is 0 Å². The first-order valence-corrected chi connectivity index (χ1v) is 8.28. The molecule has 1 saturated heterocycles. The maximum Gasteiger partial charge on any atom is 0.416 e.